The summed E-state index contributed by atoms with van der Waals surface area (Å²) in [5, 5.41) is 3.07. The maximum Gasteiger partial charge on any atom is 0.0247 e. The van der Waals surface area contributed by atoms with Gasteiger partial charge in [-0.15, -0.1) is 0 Å². The molecule has 2 nitrogen and oxygen atoms in total. The molecule has 0 radical (unpaired) electrons. The normalized spacial score (nSPS) is 9.47. The van der Waals surface area contributed by atoms with Crippen LogP contribution in [0.25, 0.3) is 0 Å². The van der Waals surface area contributed by atoms with Crippen molar-refractivity contribution in [2.24, 2.45) is 5.73 Å². The van der Waals surface area contributed by atoms with Crippen LogP contribution in [-0.4, -0.2) is 20.1 Å². The SMILES string of the molecule is CNCCC#Cc1cccc(CCN)c1. The zero-order chi connectivity index (χ0) is 10.9. The van der Waals surface area contributed by atoms with E-state index in [4.69, 9.17) is 5.73 Å². The lowest BCUT2D eigenvalue weighted by atomic mass is 10.1. The minimum absolute atomic E-state index is 0.691. The van der Waals surface area contributed by atoms with Crippen LogP contribution in [0.5, 0.6) is 0 Å². The second kappa shape index (κ2) is 7.05. The van der Waals surface area contributed by atoms with Gasteiger partial charge in [-0.25, -0.2) is 0 Å². The highest BCUT2D eigenvalue weighted by Gasteiger charge is 1.91. The fourth-order valence-corrected chi connectivity index (χ4v) is 1.32. The van der Waals surface area contributed by atoms with Crippen LogP contribution in [0.2, 0.25) is 0 Å². The largest absolute Gasteiger partial charge is 0.330 e. The molecule has 0 bridgehead atoms. The molecule has 0 saturated carbocycles. The van der Waals surface area contributed by atoms with E-state index >= 15 is 0 Å². The molecule has 0 amide bonds. The molecule has 1 rings (SSSR count). The Morgan fingerprint density at radius 3 is 3.00 bits per heavy atom. The van der Waals surface area contributed by atoms with E-state index in [9.17, 15) is 0 Å². The zero-order valence-electron chi connectivity index (χ0n) is 9.22. The van der Waals surface area contributed by atoms with Gasteiger partial charge in [-0.05, 0) is 37.7 Å². The Balaban J connectivity index is 2.59. The van der Waals surface area contributed by atoms with Gasteiger partial charge in [0.1, 0.15) is 0 Å². The molecule has 15 heavy (non-hydrogen) atoms. The number of rotatable bonds is 4. The van der Waals surface area contributed by atoms with Crippen molar-refractivity contribution in [3.63, 3.8) is 0 Å². The van der Waals surface area contributed by atoms with Crippen molar-refractivity contribution in [1.82, 2.24) is 5.32 Å². The molecule has 0 aliphatic heterocycles. The minimum atomic E-state index is 0.691. The number of hydrogen-bond donors (Lipinski definition) is 2. The first-order valence-corrected chi connectivity index (χ1v) is 5.29. The lowest BCUT2D eigenvalue weighted by Gasteiger charge is -1.98. The van der Waals surface area contributed by atoms with Gasteiger partial charge in [0.2, 0.25) is 0 Å². The maximum atomic E-state index is 5.51. The summed E-state index contributed by atoms with van der Waals surface area (Å²) in [4.78, 5) is 0. The molecule has 1 aromatic rings. The van der Waals surface area contributed by atoms with Crippen molar-refractivity contribution < 1.29 is 0 Å². The van der Waals surface area contributed by atoms with E-state index < -0.39 is 0 Å². The molecule has 0 unspecified atom stereocenters. The predicted molar refractivity (Wildman–Crippen MR) is 64.6 cm³/mol. The van der Waals surface area contributed by atoms with Crippen molar-refractivity contribution >= 4 is 0 Å². The lowest BCUT2D eigenvalue weighted by molar-refractivity contribution is 0.818. The Morgan fingerprint density at radius 2 is 2.27 bits per heavy atom. The molecule has 0 aliphatic rings. The van der Waals surface area contributed by atoms with E-state index in [2.05, 4.69) is 29.3 Å². The summed E-state index contributed by atoms with van der Waals surface area (Å²) in [7, 11) is 1.93. The number of nitrogens with one attached hydrogen (secondary N) is 1. The molecule has 80 valence electrons. The summed E-state index contributed by atoms with van der Waals surface area (Å²) in [6, 6.07) is 8.27. The van der Waals surface area contributed by atoms with Crippen LogP contribution in [0.4, 0.5) is 0 Å². The van der Waals surface area contributed by atoms with Gasteiger partial charge < -0.3 is 11.1 Å². The quantitative estimate of drug-likeness (QED) is 0.568. The molecule has 0 saturated heterocycles. The van der Waals surface area contributed by atoms with Crippen LogP contribution in [0.1, 0.15) is 17.5 Å². The zero-order valence-corrected chi connectivity index (χ0v) is 9.22. The van der Waals surface area contributed by atoms with E-state index in [0.29, 0.717) is 6.54 Å². The van der Waals surface area contributed by atoms with Crippen LogP contribution in [-0.2, 0) is 6.42 Å². The summed E-state index contributed by atoms with van der Waals surface area (Å²) in [5.41, 5.74) is 7.85. The second-order valence-electron chi connectivity index (χ2n) is 3.39. The average molecular weight is 202 g/mol. The Bertz CT molecular complexity index is 347. The smallest absolute Gasteiger partial charge is 0.0247 e. The molecule has 0 heterocycles. The van der Waals surface area contributed by atoms with Gasteiger partial charge in [-0.3, -0.25) is 0 Å². The molecule has 0 aromatic heterocycles. The van der Waals surface area contributed by atoms with Gasteiger partial charge in [-0.2, -0.15) is 0 Å². The monoisotopic (exact) mass is 202 g/mol. The number of nitrogens with two attached hydrogens (primary N) is 1. The molecular formula is C13H18N2. The average Bonchev–Trinajstić information content (AvgIpc) is 2.26. The fraction of sp³-hybridized carbons (Fsp3) is 0.385. The Labute approximate surface area is 91.9 Å². The Morgan fingerprint density at radius 1 is 1.40 bits per heavy atom. The molecule has 0 atom stereocenters. The van der Waals surface area contributed by atoms with Crippen molar-refractivity contribution in [2.75, 3.05) is 20.1 Å². The third-order valence-corrected chi connectivity index (χ3v) is 2.09. The summed E-state index contributed by atoms with van der Waals surface area (Å²) in [5.74, 6) is 6.28. The maximum absolute atomic E-state index is 5.51. The third kappa shape index (κ3) is 4.64. The predicted octanol–water partition coefficient (Wildman–Crippen LogP) is 1.15. The summed E-state index contributed by atoms with van der Waals surface area (Å²) in [6.45, 7) is 1.63. The minimum Gasteiger partial charge on any atom is -0.330 e. The summed E-state index contributed by atoms with van der Waals surface area (Å²) in [6.07, 6.45) is 1.81. The highest BCUT2D eigenvalue weighted by molar-refractivity contribution is 5.37. The molecule has 0 fully saturated rings. The first-order valence-electron chi connectivity index (χ1n) is 5.29. The fourth-order valence-electron chi connectivity index (χ4n) is 1.32. The van der Waals surface area contributed by atoms with Crippen molar-refractivity contribution in [1.29, 1.82) is 0 Å². The van der Waals surface area contributed by atoms with Gasteiger partial charge in [0.15, 0.2) is 0 Å². The van der Waals surface area contributed by atoms with Crippen molar-refractivity contribution in [3.8, 4) is 11.8 Å². The van der Waals surface area contributed by atoms with Crippen LogP contribution < -0.4 is 11.1 Å². The van der Waals surface area contributed by atoms with Gasteiger partial charge in [0.05, 0.1) is 0 Å². The number of benzene rings is 1. The van der Waals surface area contributed by atoms with Crippen molar-refractivity contribution in [3.05, 3.63) is 35.4 Å². The molecule has 2 heteroatoms. The molecule has 1 aromatic carbocycles. The van der Waals surface area contributed by atoms with Crippen LogP contribution >= 0.6 is 0 Å². The Hall–Kier alpha value is -1.30. The van der Waals surface area contributed by atoms with Crippen LogP contribution in [0.15, 0.2) is 24.3 Å². The molecule has 3 N–H and O–H groups in total. The molecular weight excluding hydrogens is 184 g/mol. The van der Waals surface area contributed by atoms with E-state index in [1.54, 1.807) is 0 Å². The van der Waals surface area contributed by atoms with Gasteiger partial charge in [0, 0.05) is 18.5 Å². The van der Waals surface area contributed by atoms with Gasteiger partial charge >= 0.3 is 0 Å². The van der Waals surface area contributed by atoms with Gasteiger partial charge in [-0.1, -0.05) is 24.0 Å². The van der Waals surface area contributed by atoms with E-state index in [-0.39, 0.29) is 0 Å². The first-order chi connectivity index (χ1) is 7.36. The third-order valence-electron chi connectivity index (χ3n) is 2.09. The molecule has 0 spiro atoms. The topological polar surface area (TPSA) is 38.0 Å². The molecule has 0 aliphatic carbocycles. The Kier molecular flexibility index (Phi) is 5.54. The lowest BCUT2D eigenvalue weighted by Crippen LogP contribution is -2.05. The van der Waals surface area contributed by atoms with E-state index in [1.807, 2.05) is 19.2 Å². The summed E-state index contributed by atoms with van der Waals surface area (Å²) < 4.78 is 0. The van der Waals surface area contributed by atoms with Crippen molar-refractivity contribution in [2.45, 2.75) is 12.8 Å². The van der Waals surface area contributed by atoms with Crippen LogP contribution in [0, 0.1) is 11.8 Å². The summed E-state index contributed by atoms with van der Waals surface area (Å²) >= 11 is 0. The second-order valence-corrected chi connectivity index (χ2v) is 3.39. The number of hydrogen-bond acceptors (Lipinski definition) is 2. The van der Waals surface area contributed by atoms with Crippen LogP contribution in [0.3, 0.4) is 0 Å². The highest BCUT2D eigenvalue weighted by atomic mass is 14.8. The first kappa shape index (κ1) is 11.8. The van der Waals surface area contributed by atoms with Gasteiger partial charge in [0.25, 0.3) is 0 Å². The van der Waals surface area contributed by atoms with E-state index in [1.165, 1.54) is 5.56 Å². The standard InChI is InChI=1S/C13H18N2/c1-15-10-3-2-5-12-6-4-7-13(11-12)8-9-14/h4,6-7,11,15H,3,8-10,14H2,1H3. The van der Waals surface area contributed by atoms with E-state index in [0.717, 1.165) is 24.9 Å². The highest BCUT2D eigenvalue weighted by Crippen LogP contribution is 2.04.